The molecule has 2 aromatic rings. The Morgan fingerprint density at radius 3 is 2.67 bits per heavy atom. The maximum absolute atomic E-state index is 11.5. The van der Waals surface area contributed by atoms with Crippen molar-refractivity contribution < 1.29 is 17.9 Å². The summed E-state index contributed by atoms with van der Waals surface area (Å²) >= 11 is 12.1. The van der Waals surface area contributed by atoms with Crippen molar-refractivity contribution in [2.75, 3.05) is 24.2 Å². The molecule has 0 saturated heterocycles. The van der Waals surface area contributed by atoms with Crippen molar-refractivity contribution in [1.29, 1.82) is 0 Å². The monoisotopic (exact) mass is 392 g/mol. The number of benzene rings is 1. The lowest BCUT2D eigenvalue weighted by Crippen LogP contribution is -2.23. The van der Waals surface area contributed by atoms with Crippen molar-refractivity contribution in [3.05, 3.63) is 28.2 Å². The van der Waals surface area contributed by atoms with Gasteiger partial charge >= 0.3 is 5.97 Å². The van der Waals surface area contributed by atoms with E-state index in [0.717, 1.165) is 0 Å². The molecule has 0 spiro atoms. The first-order valence-electron chi connectivity index (χ1n) is 6.65. The van der Waals surface area contributed by atoms with E-state index in [-0.39, 0.29) is 40.5 Å². The fraction of sp³-hybridized carbons (Fsp3) is 0.231. The number of sulfonamides is 1. The van der Waals surface area contributed by atoms with Crippen LogP contribution >= 0.6 is 23.2 Å². The fourth-order valence-electron chi connectivity index (χ4n) is 1.86. The van der Waals surface area contributed by atoms with Crippen LogP contribution in [0.25, 0.3) is 10.9 Å². The van der Waals surface area contributed by atoms with E-state index in [0.29, 0.717) is 10.9 Å². The third kappa shape index (κ3) is 4.68. The van der Waals surface area contributed by atoms with E-state index in [9.17, 15) is 13.2 Å². The molecule has 1 aromatic heterocycles. The van der Waals surface area contributed by atoms with Crippen LogP contribution in [-0.2, 0) is 14.8 Å². The number of nitrogens with zero attached hydrogens (tertiary/aromatic N) is 1. The molecule has 1 heterocycles. The average molecular weight is 393 g/mol. The summed E-state index contributed by atoms with van der Waals surface area (Å²) in [5, 5.41) is 8.62. The van der Waals surface area contributed by atoms with Crippen LogP contribution in [0.1, 0.15) is 0 Å². The number of halogens is 2. The van der Waals surface area contributed by atoms with Crippen LogP contribution in [0.3, 0.4) is 0 Å². The van der Waals surface area contributed by atoms with E-state index in [4.69, 9.17) is 38.8 Å². The first kappa shape index (κ1) is 18.7. The van der Waals surface area contributed by atoms with Crippen molar-refractivity contribution in [1.82, 2.24) is 4.98 Å². The molecule has 0 radical (unpaired) electrons. The number of hydrogen-bond donors (Lipinski definition) is 3. The average Bonchev–Trinajstić information content (AvgIpc) is 2.50. The molecule has 0 amide bonds. The minimum atomic E-state index is -3.62. The second kappa shape index (κ2) is 7.49. The minimum Gasteiger partial charge on any atom is -0.425 e. The molecule has 130 valence electrons. The third-order valence-corrected chi connectivity index (χ3v) is 4.49. The molecule has 24 heavy (non-hydrogen) atoms. The van der Waals surface area contributed by atoms with Gasteiger partial charge in [0.05, 0.1) is 27.9 Å². The quantitative estimate of drug-likeness (QED) is 0.625. The van der Waals surface area contributed by atoms with E-state index in [1.54, 1.807) is 12.1 Å². The number of nitrogens with one attached hydrogen (secondary N) is 1. The van der Waals surface area contributed by atoms with Crippen molar-refractivity contribution >= 4 is 55.9 Å². The van der Waals surface area contributed by atoms with Gasteiger partial charge in [-0.05, 0) is 12.1 Å². The number of pyridine rings is 1. The molecule has 1 aromatic carbocycles. The predicted molar refractivity (Wildman–Crippen MR) is 92.9 cm³/mol. The zero-order chi connectivity index (χ0) is 17.9. The summed E-state index contributed by atoms with van der Waals surface area (Å²) in [5.41, 5.74) is 5.55. The Hall–Kier alpha value is -1.65. The molecule has 0 aliphatic rings. The number of aromatic nitrogens is 1. The Kier molecular flexibility index (Phi) is 5.83. The summed E-state index contributed by atoms with van der Waals surface area (Å²) < 4.78 is 27.1. The highest BCUT2D eigenvalue weighted by Crippen LogP contribution is 2.35. The Morgan fingerprint density at radius 1 is 1.33 bits per heavy atom. The van der Waals surface area contributed by atoms with Crippen LogP contribution in [-0.4, -0.2) is 38.2 Å². The number of primary sulfonamides is 1. The number of esters is 1. The maximum Gasteiger partial charge on any atom is 0.325 e. The second-order valence-electron chi connectivity index (χ2n) is 4.74. The molecule has 0 bridgehead atoms. The molecule has 5 N–H and O–H groups in total. The highest BCUT2D eigenvalue weighted by molar-refractivity contribution is 7.89. The molecule has 11 heteroatoms. The van der Waals surface area contributed by atoms with Crippen molar-refractivity contribution in [3.8, 4) is 5.75 Å². The van der Waals surface area contributed by atoms with Crippen molar-refractivity contribution in [2.45, 2.75) is 0 Å². The number of anilines is 1. The summed E-state index contributed by atoms with van der Waals surface area (Å²) in [5.74, 6) is -0.528. The summed E-state index contributed by atoms with van der Waals surface area (Å²) in [6.45, 7) is -0.293. The van der Waals surface area contributed by atoms with Gasteiger partial charge in [-0.3, -0.25) is 4.79 Å². The van der Waals surface area contributed by atoms with Gasteiger partial charge in [-0.1, -0.05) is 23.2 Å². The molecule has 0 aliphatic carbocycles. The smallest absolute Gasteiger partial charge is 0.325 e. The molecular weight excluding hydrogens is 379 g/mol. The summed E-state index contributed by atoms with van der Waals surface area (Å²) in [4.78, 5) is 15.8. The predicted octanol–water partition coefficient (Wildman–Crippen LogP) is 1.11. The van der Waals surface area contributed by atoms with Gasteiger partial charge in [0.2, 0.25) is 10.0 Å². The topological polar surface area (TPSA) is 137 Å². The SMILES string of the molecule is NCC(=O)Oc1cc(NCCS(N)(=O)=O)nc2c(Cl)c(Cl)ccc12. The molecule has 0 atom stereocenters. The van der Waals surface area contributed by atoms with Gasteiger partial charge in [0, 0.05) is 18.0 Å². The van der Waals surface area contributed by atoms with Gasteiger partial charge in [-0.2, -0.15) is 0 Å². The number of fused-ring (bicyclic) bond motifs is 1. The number of nitrogens with two attached hydrogens (primary N) is 2. The molecule has 0 unspecified atom stereocenters. The number of carbonyl (C=O) groups excluding carboxylic acids is 1. The van der Waals surface area contributed by atoms with E-state index in [1.165, 1.54) is 6.07 Å². The van der Waals surface area contributed by atoms with Crippen LogP contribution in [0, 0.1) is 0 Å². The molecule has 8 nitrogen and oxygen atoms in total. The summed E-state index contributed by atoms with van der Waals surface area (Å²) in [6, 6.07) is 4.58. The highest BCUT2D eigenvalue weighted by Gasteiger charge is 2.15. The normalized spacial score (nSPS) is 11.5. The molecule has 0 aliphatic heterocycles. The highest BCUT2D eigenvalue weighted by atomic mass is 35.5. The zero-order valence-corrected chi connectivity index (χ0v) is 14.6. The van der Waals surface area contributed by atoms with Gasteiger partial charge in [-0.15, -0.1) is 0 Å². The Morgan fingerprint density at radius 2 is 2.04 bits per heavy atom. The van der Waals surface area contributed by atoms with Crippen LogP contribution < -0.4 is 20.9 Å². The van der Waals surface area contributed by atoms with Gasteiger partial charge in [0.1, 0.15) is 11.6 Å². The standard InChI is InChI=1S/C13H14Cl2N4O4S/c14-8-2-1-7-9(23-11(20)6-16)5-10(19-13(7)12(8)15)18-3-4-24(17,21)22/h1-2,5H,3-4,6,16H2,(H,18,19)(H2,17,21,22). The van der Waals surface area contributed by atoms with Gasteiger partial charge < -0.3 is 15.8 Å². The minimum absolute atomic E-state index is 0.0137. The zero-order valence-electron chi connectivity index (χ0n) is 12.3. The Bertz CT molecular complexity index is 889. The van der Waals surface area contributed by atoms with Crippen LogP contribution in [0.2, 0.25) is 10.0 Å². The van der Waals surface area contributed by atoms with E-state index < -0.39 is 16.0 Å². The fourth-order valence-corrected chi connectivity index (χ4v) is 2.61. The van der Waals surface area contributed by atoms with E-state index in [2.05, 4.69) is 10.3 Å². The Balaban J connectivity index is 2.44. The summed E-state index contributed by atoms with van der Waals surface area (Å²) in [7, 11) is -3.62. The second-order valence-corrected chi connectivity index (χ2v) is 7.25. The number of carbonyl (C=O) groups is 1. The van der Waals surface area contributed by atoms with Crippen LogP contribution in [0.15, 0.2) is 18.2 Å². The lowest BCUT2D eigenvalue weighted by atomic mass is 10.2. The molecular formula is C13H14Cl2N4O4S. The van der Waals surface area contributed by atoms with E-state index >= 15 is 0 Å². The number of ether oxygens (including phenoxy) is 1. The first-order valence-corrected chi connectivity index (χ1v) is 9.12. The maximum atomic E-state index is 11.5. The molecule has 2 rings (SSSR count). The van der Waals surface area contributed by atoms with Crippen LogP contribution in [0.5, 0.6) is 5.75 Å². The molecule has 0 saturated carbocycles. The summed E-state index contributed by atoms with van der Waals surface area (Å²) in [6.07, 6.45) is 0. The number of hydrogen-bond acceptors (Lipinski definition) is 7. The van der Waals surface area contributed by atoms with Crippen LogP contribution in [0.4, 0.5) is 5.82 Å². The molecule has 0 fully saturated rings. The van der Waals surface area contributed by atoms with Crippen molar-refractivity contribution in [2.24, 2.45) is 10.9 Å². The lowest BCUT2D eigenvalue weighted by Gasteiger charge is -2.12. The van der Waals surface area contributed by atoms with E-state index in [1.807, 2.05) is 0 Å². The lowest BCUT2D eigenvalue weighted by molar-refractivity contribution is -0.132. The van der Waals surface area contributed by atoms with Gasteiger partial charge in [0.15, 0.2) is 0 Å². The number of rotatable bonds is 6. The van der Waals surface area contributed by atoms with Gasteiger partial charge in [-0.25, -0.2) is 18.5 Å². The Labute approximate surface area is 148 Å². The van der Waals surface area contributed by atoms with Crippen molar-refractivity contribution in [3.63, 3.8) is 0 Å². The largest absolute Gasteiger partial charge is 0.425 e. The van der Waals surface area contributed by atoms with Gasteiger partial charge in [0.25, 0.3) is 0 Å². The first-order chi connectivity index (χ1) is 11.2. The third-order valence-electron chi connectivity index (χ3n) is 2.92.